The summed E-state index contributed by atoms with van der Waals surface area (Å²) in [6.45, 7) is 6.07. The average Bonchev–Trinajstić information content (AvgIpc) is 3.16. The van der Waals surface area contributed by atoms with Crippen LogP contribution in [0.2, 0.25) is 5.02 Å². The van der Waals surface area contributed by atoms with Crippen LogP contribution in [-0.4, -0.2) is 33.6 Å². The number of rotatable bonds is 7. The van der Waals surface area contributed by atoms with Crippen LogP contribution in [0.5, 0.6) is 0 Å². The molecule has 0 radical (unpaired) electrons. The van der Waals surface area contributed by atoms with E-state index in [1.165, 1.54) is 17.0 Å². The first-order chi connectivity index (χ1) is 17.6. The van der Waals surface area contributed by atoms with E-state index in [4.69, 9.17) is 11.6 Å². The highest BCUT2D eigenvalue weighted by molar-refractivity contribution is 6.32. The standard InChI is InChI=1S/C28H26ClN3O5/c1-17(2)20-8-11-22(12-9-20)31-26(33)15-25(28(31)35)30(16-19-6-4-18(3)5-7-19)27(34)21-10-13-23(29)24(14-21)32(36)37/h4-14,17,25H,15-16H2,1-3H3. The van der Waals surface area contributed by atoms with Crippen LogP contribution in [0.4, 0.5) is 11.4 Å². The maximum Gasteiger partial charge on any atom is 0.288 e. The minimum absolute atomic E-state index is 0.00296. The fraction of sp³-hybridized carbons (Fsp3) is 0.250. The molecule has 1 heterocycles. The van der Waals surface area contributed by atoms with Crippen molar-refractivity contribution in [1.29, 1.82) is 0 Å². The van der Waals surface area contributed by atoms with E-state index >= 15 is 0 Å². The molecule has 4 rings (SSSR count). The van der Waals surface area contributed by atoms with Crippen LogP contribution in [0.3, 0.4) is 0 Å². The number of nitro groups is 1. The third-order valence-corrected chi connectivity index (χ3v) is 6.76. The number of aryl methyl sites for hydroxylation is 1. The highest BCUT2D eigenvalue weighted by Crippen LogP contribution is 2.31. The van der Waals surface area contributed by atoms with Gasteiger partial charge in [-0.1, -0.05) is 67.4 Å². The van der Waals surface area contributed by atoms with E-state index in [2.05, 4.69) is 0 Å². The lowest BCUT2D eigenvalue weighted by Gasteiger charge is -2.28. The number of nitrogens with zero attached hydrogens (tertiary/aromatic N) is 3. The normalized spacial score (nSPS) is 15.4. The summed E-state index contributed by atoms with van der Waals surface area (Å²) in [7, 11) is 0. The van der Waals surface area contributed by atoms with Crippen LogP contribution >= 0.6 is 11.6 Å². The maximum atomic E-state index is 13.7. The van der Waals surface area contributed by atoms with Gasteiger partial charge in [0.1, 0.15) is 11.1 Å². The summed E-state index contributed by atoms with van der Waals surface area (Å²) in [5, 5.41) is 11.3. The number of hydrogen-bond donors (Lipinski definition) is 0. The number of nitro benzene ring substituents is 1. The highest BCUT2D eigenvalue weighted by Gasteiger charge is 2.44. The van der Waals surface area contributed by atoms with Crippen LogP contribution in [0, 0.1) is 17.0 Å². The number of amides is 3. The first-order valence-corrected chi connectivity index (χ1v) is 12.2. The van der Waals surface area contributed by atoms with Crippen LogP contribution in [0.25, 0.3) is 0 Å². The monoisotopic (exact) mass is 519 g/mol. The molecular formula is C28H26ClN3O5. The highest BCUT2D eigenvalue weighted by atomic mass is 35.5. The Morgan fingerprint density at radius 3 is 2.32 bits per heavy atom. The molecule has 3 aromatic rings. The van der Waals surface area contributed by atoms with Crippen molar-refractivity contribution in [3.8, 4) is 0 Å². The number of hydrogen-bond acceptors (Lipinski definition) is 5. The molecule has 9 heteroatoms. The minimum atomic E-state index is -1.07. The van der Waals surface area contributed by atoms with E-state index in [0.29, 0.717) is 5.69 Å². The molecule has 0 aromatic heterocycles. The molecule has 1 aliphatic rings. The lowest BCUT2D eigenvalue weighted by Crippen LogP contribution is -2.45. The Labute approximate surface area is 219 Å². The third-order valence-electron chi connectivity index (χ3n) is 6.44. The molecule has 8 nitrogen and oxygen atoms in total. The second kappa shape index (κ2) is 10.5. The molecule has 0 bridgehead atoms. The van der Waals surface area contributed by atoms with Crippen LogP contribution in [0.15, 0.2) is 66.7 Å². The summed E-state index contributed by atoms with van der Waals surface area (Å²) < 4.78 is 0. The Bertz CT molecular complexity index is 1370. The summed E-state index contributed by atoms with van der Waals surface area (Å²) in [4.78, 5) is 53.4. The smallest absolute Gasteiger partial charge is 0.288 e. The Hall–Kier alpha value is -4.04. The molecule has 190 valence electrons. The minimum Gasteiger partial charge on any atom is -0.322 e. The zero-order valence-electron chi connectivity index (χ0n) is 20.7. The largest absolute Gasteiger partial charge is 0.322 e. The van der Waals surface area contributed by atoms with Crippen molar-refractivity contribution in [3.05, 3.63) is 104 Å². The maximum absolute atomic E-state index is 13.7. The number of halogens is 1. The Morgan fingerprint density at radius 2 is 1.73 bits per heavy atom. The Kier molecular flexibility index (Phi) is 7.40. The lowest BCUT2D eigenvalue weighted by molar-refractivity contribution is -0.384. The number of imide groups is 1. The van der Waals surface area contributed by atoms with Gasteiger partial charge in [-0.05, 0) is 48.2 Å². The molecule has 37 heavy (non-hydrogen) atoms. The summed E-state index contributed by atoms with van der Waals surface area (Å²) in [5.74, 6) is -1.26. The SMILES string of the molecule is Cc1ccc(CN(C(=O)c2ccc(Cl)c([N+](=O)[O-])c2)C2CC(=O)N(c3ccc(C(C)C)cc3)C2=O)cc1. The molecular weight excluding hydrogens is 494 g/mol. The van der Waals surface area contributed by atoms with Gasteiger partial charge in [-0.15, -0.1) is 0 Å². The Balaban J connectivity index is 1.71. The summed E-state index contributed by atoms with van der Waals surface area (Å²) in [6.07, 6.45) is -0.196. The fourth-order valence-electron chi connectivity index (χ4n) is 4.30. The van der Waals surface area contributed by atoms with E-state index in [-0.39, 0.29) is 29.5 Å². The molecule has 0 N–H and O–H groups in total. The van der Waals surface area contributed by atoms with Crippen molar-refractivity contribution in [1.82, 2.24) is 4.90 Å². The zero-order chi connectivity index (χ0) is 26.9. The molecule has 1 saturated heterocycles. The first kappa shape index (κ1) is 26.0. The van der Waals surface area contributed by atoms with E-state index in [1.54, 1.807) is 12.1 Å². The molecule has 1 unspecified atom stereocenters. The molecule has 1 atom stereocenters. The molecule has 0 aliphatic carbocycles. The topological polar surface area (TPSA) is 101 Å². The predicted molar refractivity (Wildman–Crippen MR) is 141 cm³/mol. The van der Waals surface area contributed by atoms with Gasteiger partial charge in [0.05, 0.1) is 17.0 Å². The molecule has 3 aromatic carbocycles. The van der Waals surface area contributed by atoms with Crippen molar-refractivity contribution < 1.29 is 19.3 Å². The molecule has 1 aliphatic heterocycles. The van der Waals surface area contributed by atoms with E-state index in [9.17, 15) is 24.5 Å². The number of benzene rings is 3. The summed E-state index contributed by atoms with van der Waals surface area (Å²) >= 11 is 5.93. The van der Waals surface area contributed by atoms with Gasteiger partial charge in [-0.3, -0.25) is 24.5 Å². The summed E-state index contributed by atoms with van der Waals surface area (Å²) in [5.41, 5.74) is 2.87. The van der Waals surface area contributed by atoms with Gasteiger partial charge in [0, 0.05) is 18.2 Å². The van der Waals surface area contributed by atoms with Gasteiger partial charge in [-0.2, -0.15) is 0 Å². The van der Waals surface area contributed by atoms with E-state index in [1.807, 2.05) is 57.2 Å². The van der Waals surface area contributed by atoms with Crippen molar-refractivity contribution >= 4 is 40.7 Å². The van der Waals surface area contributed by atoms with Gasteiger partial charge in [-0.25, -0.2) is 4.90 Å². The van der Waals surface area contributed by atoms with Crippen molar-refractivity contribution in [2.75, 3.05) is 4.90 Å². The number of carbonyl (C=O) groups excluding carboxylic acids is 3. The second-order valence-corrected chi connectivity index (χ2v) is 9.78. The van der Waals surface area contributed by atoms with Crippen LogP contribution in [-0.2, 0) is 16.1 Å². The molecule has 1 fully saturated rings. The molecule has 0 saturated carbocycles. The summed E-state index contributed by atoms with van der Waals surface area (Å²) in [6, 6.07) is 17.3. The van der Waals surface area contributed by atoms with Crippen molar-refractivity contribution in [2.24, 2.45) is 0 Å². The average molecular weight is 520 g/mol. The van der Waals surface area contributed by atoms with Crippen molar-refractivity contribution in [3.63, 3.8) is 0 Å². The second-order valence-electron chi connectivity index (χ2n) is 9.38. The third kappa shape index (κ3) is 5.39. The van der Waals surface area contributed by atoms with E-state index in [0.717, 1.165) is 27.7 Å². The van der Waals surface area contributed by atoms with Crippen molar-refractivity contribution in [2.45, 2.75) is 45.7 Å². The van der Waals surface area contributed by atoms with Crippen LogP contribution in [0.1, 0.15) is 53.2 Å². The van der Waals surface area contributed by atoms with Gasteiger partial charge in [0.2, 0.25) is 5.91 Å². The lowest BCUT2D eigenvalue weighted by atomic mass is 10.0. The Morgan fingerprint density at radius 1 is 1.08 bits per heavy atom. The quantitative estimate of drug-likeness (QED) is 0.228. The predicted octanol–water partition coefficient (Wildman–Crippen LogP) is 5.65. The van der Waals surface area contributed by atoms with Gasteiger partial charge >= 0.3 is 0 Å². The molecule has 3 amide bonds. The van der Waals surface area contributed by atoms with Crippen LogP contribution < -0.4 is 4.90 Å². The van der Waals surface area contributed by atoms with Gasteiger partial charge in [0.25, 0.3) is 17.5 Å². The zero-order valence-corrected chi connectivity index (χ0v) is 21.4. The number of carbonyl (C=O) groups is 3. The molecule has 0 spiro atoms. The first-order valence-electron chi connectivity index (χ1n) is 11.8. The van der Waals surface area contributed by atoms with Gasteiger partial charge < -0.3 is 4.90 Å². The van der Waals surface area contributed by atoms with Gasteiger partial charge in [0.15, 0.2) is 0 Å². The number of anilines is 1. The van der Waals surface area contributed by atoms with E-state index < -0.39 is 34.4 Å². The fourth-order valence-corrected chi connectivity index (χ4v) is 4.49.